The number of rotatable bonds is 12. The Balaban J connectivity index is 1.96. The highest BCUT2D eigenvalue weighted by molar-refractivity contribution is 8.07. The van der Waals surface area contributed by atoms with E-state index in [2.05, 4.69) is 33.9 Å². The molecule has 1 aromatic carbocycles. The molecule has 0 aliphatic heterocycles. The van der Waals surface area contributed by atoms with E-state index in [0.717, 1.165) is 36.1 Å². The molecule has 1 aliphatic carbocycles. The monoisotopic (exact) mass is 481 g/mol. The minimum Gasteiger partial charge on any atom is -0.269 e. The smallest absolute Gasteiger partial charge is 0.269 e. The third kappa shape index (κ3) is 8.86. The van der Waals surface area contributed by atoms with Gasteiger partial charge in [-0.1, -0.05) is 35.4 Å². The Morgan fingerprint density at radius 1 is 1.19 bits per heavy atom. The second-order valence-electron chi connectivity index (χ2n) is 7.97. The van der Waals surface area contributed by atoms with Gasteiger partial charge >= 0.3 is 0 Å². The number of thioether (sulfide) groups is 2. The fourth-order valence-corrected chi connectivity index (χ4v) is 6.00. The van der Waals surface area contributed by atoms with Crippen molar-refractivity contribution in [2.24, 2.45) is 4.99 Å². The summed E-state index contributed by atoms with van der Waals surface area (Å²) in [7, 11) is 2.81. The Morgan fingerprint density at radius 2 is 1.90 bits per heavy atom. The Bertz CT molecular complexity index is 836. The summed E-state index contributed by atoms with van der Waals surface area (Å²) in [5.41, 5.74) is 5.07. The topological polar surface area (TPSA) is 12.4 Å². The molecule has 0 fully saturated rings. The third-order valence-corrected chi connectivity index (χ3v) is 8.43. The molecule has 0 heterocycles. The maximum atomic E-state index is 13.4. The lowest BCUT2D eigenvalue weighted by Crippen LogP contribution is -2.06. The number of aliphatic imine (C=N–C) groups is 1. The van der Waals surface area contributed by atoms with E-state index < -0.39 is 5.92 Å². The van der Waals surface area contributed by atoms with Crippen molar-refractivity contribution in [2.45, 2.75) is 64.6 Å². The molecule has 170 valence electrons. The minimum absolute atomic E-state index is 0.0529. The van der Waals surface area contributed by atoms with Crippen LogP contribution in [0.1, 0.15) is 64.0 Å². The average Bonchev–Trinajstić information content (AvgIpc) is 2.74. The van der Waals surface area contributed by atoms with E-state index in [-0.39, 0.29) is 5.56 Å². The van der Waals surface area contributed by atoms with Crippen LogP contribution in [0.25, 0.3) is 0 Å². The van der Waals surface area contributed by atoms with Gasteiger partial charge in [-0.3, -0.25) is 4.99 Å². The Hall–Kier alpha value is -0.900. The molecule has 6 heteroatoms. The van der Waals surface area contributed by atoms with Gasteiger partial charge in [-0.2, -0.15) is 0 Å². The average molecular weight is 482 g/mol. The van der Waals surface area contributed by atoms with Gasteiger partial charge < -0.3 is 0 Å². The number of unbranched alkanes of at least 4 members (excludes halogenated alkanes) is 1. The van der Waals surface area contributed by atoms with Gasteiger partial charge in [0.05, 0.1) is 0 Å². The van der Waals surface area contributed by atoms with Gasteiger partial charge in [0.1, 0.15) is 0 Å². The molecule has 2 rings (SSSR count). The molecule has 0 radical (unpaired) electrons. The zero-order valence-electron chi connectivity index (χ0n) is 18.8. The largest absolute Gasteiger partial charge is 0.270 e. The number of halogens is 2. The van der Waals surface area contributed by atoms with Crippen molar-refractivity contribution in [2.75, 3.05) is 11.9 Å². The number of hydrogen-bond donors (Lipinski definition) is 0. The molecule has 0 bridgehead atoms. The van der Waals surface area contributed by atoms with Crippen LogP contribution in [0.3, 0.4) is 0 Å². The maximum absolute atomic E-state index is 13.4. The van der Waals surface area contributed by atoms with E-state index in [1.807, 2.05) is 18.7 Å². The van der Waals surface area contributed by atoms with Crippen molar-refractivity contribution in [3.05, 3.63) is 68.1 Å². The van der Waals surface area contributed by atoms with Crippen molar-refractivity contribution < 1.29 is 8.78 Å². The minimum atomic E-state index is -2.80. The summed E-state index contributed by atoms with van der Waals surface area (Å²) in [5, 5.41) is 0. The number of benzene rings is 1. The van der Waals surface area contributed by atoms with Crippen LogP contribution < -0.4 is 0 Å². The Morgan fingerprint density at radius 3 is 2.48 bits per heavy atom. The first kappa shape index (κ1) is 26.4. The SMILES string of the molecule is C=N/C(C)=C(/CSC1=CC(C)=C(CCCCP)CC1)SCc1ccc(C(C)(F)F)cc1. The van der Waals surface area contributed by atoms with Crippen molar-refractivity contribution >= 4 is 39.5 Å². The first-order valence-corrected chi connectivity index (χ1v) is 13.5. The predicted molar refractivity (Wildman–Crippen MR) is 140 cm³/mol. The highest BCUT2D eigenvalue weighted by Gasteiger charge is 2.23. The van der Waals surface area contributed by atoms with Crippen molar-refractivity contribution in [3.63, 3.8) is 0 Å². The zero-order valence-corrected chi connectivity index (χ0v) is 21.6. The van der Waals surface area contributed by atoms with E-state index in [4.69, 9.17) is 0 Å². The molecule has 31 heavy (non-hydrogen) atoms. The fraction of sp³-hybridized carbons (Fsp3) is 0.480. The zero-order chi connectivity index (χ0) is 22.9. The van der Waals surface area contributed by atoms with Gasteiger partial charge in [0.2, 0.25) is 0 Å². The summed E-state index contributed by atoms with van der Waals surface area (Å²) >= 11 is 3.60. The normalized spacial score (nSPS) is 15.6. The molecule has 1 aromatic rings. The van der Waals surface area contributed by atoms with Crippen LogP contribution in [0, 0.1) is 0 Å². The van der Waals surface area contributed by atoms with Gasteiger partial charge in [-0.05, 0) is 75.4 Å². The highest BCUT2D eigenvalue weighted by Crippen LogP contribution is 2.37. The van der Waals surface area contributed by atoms with E-state index in [1.165, 1.54) is 59.4 Å². The molecule has 0 N–H and O–H groups in total. The van der Waals surface area contributed by atoms with Gasteiger partial charge in [-0.15, -0.1) is 32.8 Å². The molecule has 1 atom stereocenters. The van der Waals surface area contributed by atoms with Crippen LogP contribution in [0.15, 0.2) is 62.0 Å². The van der Waals surface area contributed by atoms with E-state index >= 15 is 0 Å². The summed E-state index contributed by atoms with van der Waals surface area (Å²) in [5.74, 6) is -1.20. The molecule has 0 aromatic heterocycles. The Kier molecular flexibility index (Phi) is 11.0. The molecule has 0 saturated heterocycles. The first-order valence-electron chi connectivity index (χ1n) is 10.7. The van der Waals surface area contributed by atoms with E-state index in [0.29, 0.717) is 0 Å². The van der Waals surface area contributed by atoms with E-state index in [1.54, 1.807) is 29.5 Å². The molecule has 0 spiro atoms. The maximum Gasteiger partial charge on any atom is 0.270 e. The summed E-state index contributed by atoms with van der Waals surface area (Å²) in [6.07, 6.45) is 9.59. The molecule has 1 nitrogen and oxygen atoms in total. The number of allylic oxidation sites excluding steroid dienone is 5. The van der Waals surface area contributed by atoms with Crippen LogP contribution in [-0.4, -0.2) is 18.6 Å². The van der Waals surface area contributed by atoms with Crippen molar-refractivity contribution in [1.82, 2.24) is 0 Å². The van der Waals surface area contributed by atoms with Crippen LogP contribution in [-0.2, 0) is 11.7 Å². The second-order valence-corrected chi connectivity index (χ2v) is 10.7. The van der Waals surface area contributed by atoms with Crippen molar-refractivity contribution in [3.8, 4) is 0 Å². The molecular formula is C25H34F2NPS2. The lowest BCUT2D eigenvalue weighted by Gasteiger charge is -2.19. The molecule has 1 aliphatic rings. The highest BCUT2D eigenvalue weighted by atomic mass is 32.2. The third-order valence-electron chi connectivity index (χ3n) is 5.44. The second kappa shape index (κ2) is 13.0. The molecule has 0 amide bonds. The standard InChI is InChI=1S/C25H34F2NPS2/c1-18-15-23(13-10-21(18)7-5-6-14-29)30-17-24(19(2)28-4)31-16-20-8-11-22(12-9-20)25(3,26)27/h8-9,11-12,15H,4-7,10,13-14,16-17,29H2,1-3H3/b24-19-. The molecule has 1 unspecified atom stereocenters. The van der Waals surface area contributed by atoms with Crippen LogP contribution >= 0.6 is 32.8 Å². The Labute approximate surface area is 197 Å². The fourth-order valence-electron chi connectivity index (χ4n) is 3.37. The summed E-state index contributed by atoms with van der Waals surface area (Å²) in [6, 6.07) is 6.62. The van der Waals surface area contributed by atoms with Crippen molar-refractivity contribution in [1.29, 1.82) is 0 Å². The lowest BCUT2D eigenvalue weighted by atomic mass is 9.94. The van der Waals surface area contributed by atoms with Crippen LogP contribution in [0.4, 0.5) is 8.78 Å². The van der Waals surface area contributed by atoms with Crippen LogP contribution in [0.2, 0.25) is 0 Å². The number of hydrogen-bond acceptors (Lipinski definition) is 3. The summed E-state index contributed by atoms with van der Waals surface area (Å²) < 4.78 is 26.8. The van der Waals surface area contributed by atoms with Gasteiger partial charge in [0, 0.05) is 34.6 Å². The quantitative estimate of drug-likeness (QED) is 0.168. The van der Waals surface area contributed by atoms with Gasteiger partial charge in [-0.25, -0.2) is 8.78 Å². The number of nitrogens with zero attached hydrogens (tertiary/aromatic N) is 1. The first-order chi connectivity index (χ1) is 14.7. The van der Waals surface area contributed by atoms with E-state index in [9.17, 15) is 8.78 Å². The molecule has 0 saturated carbocycles. The lowest BCUT2D eigenvalue weighted by molar-refractivity contribution is 0.0174. The van der Waals surface area contributed by atoms with Crippen LogP contribution in [0.5, 0.6) is 0 Å². The number of alkyl halides is 2. The summed E-state index contributed by atoms with van der Waals surface area (Å²) in [6.45, 7) is 8.84. The van der Waals surface area contributed by atoms with Gasteiger partial charge in [0.15, 0.2) is 0 Å². The predicted octanol–water partition coefficient (Wildman–Crippen LogP) is 8.74. The summed E-state index contributed by atoms with van der Waals surface area (Å²) in [4.78, 5) is 6.77. The van der Waals surface area contributed by atoms with Gasteiger partial charge in [0.25, 0.3) is 5.92 Å². The molecular weight excluding hydrogens is 447 g/mol.